The van der Waals surface area contributed by atoms with Crippen molar-refractivity contribution >= 4 is 50.7 Å². The predicted octanol–water partition coefficient (Wildman–Crippen LogP) is 3.19. The van der Waals surface area contributed by atoms with Crippen LogP contribution in [0.3, 0.4) is 0 Å². The maximum absolute atomic E-state index is 13.2. The van der Waals surface area contributed by atoms with Crippen LogP contribution in [-0.2, 0) is 10.0 Å². The molecule has 0 saturated carbocycles. The monoisotopic (exact) mass is 538 g/mol. The molecule has 2 aromatic heterocycles. The highest BCUT2D eigenvalue weighted by molar-refractivity contribution is 7.88. The summed E-state index contributed by atoms with van der Waals surface area (Å²) in [6, 6.07) is 7.80. The number of sulfonamides is 1. The number of benzene rings is 1. The van der Waals surface area contributed by atoms with Crippen molar-refractivity contribution in [3.8, 4) is 5.82 Å². The molecule has 0 radical (unpaired) electrons. The van der Waals surface area contributed by atoms with Crippen LogP contribution in [0.2, 0.25) is 10.0 Å². The lowest BCUT2D eigenvalue weighted by Crippen LogP contribution is -2.51. The van der Waals surface area contributed by atoms with E-state index in [4.69, 9.17) is 23.2 Å². The maximum Gasteiger partial charge on any atom is 0.274 e. The number of nitrogens with one attached hydrogen (secondary N) is 3. The summed E-state index contributed by atoms with van der Waals surface area (Å²) in [6.07, 6.45) is 3.98. The molecule has 0 atom stereocenters. The molecule has 3 aromatic rings. The quantitative estimate of drug-likeness (QED) is 0.403. The average Bonchev–Trinajstić information content (AvgIpc) is 3.23. The first-order valence-corrected chi connectivity index (χ1v) is 13.0. The van der Waals surface area contributed by atoms with Gasteiger partial charge >= 0.3 is 0 Å². The minimum Gasteiger partial charge on any atom is -0.346 e. The molecule has 0 spiro atoms. The number of rotatable bonds is 8. The van der Waals surface area contributed by atoms with Gasteiger partial charge in [0.1, 0.15) is 5.69 Å². The van der Waals surface area contributed by atoms with Gasteiger partial charge in [0.2, 0.25) is 10.0 Å². The molecule has 10 nitrogen and oxygen atoms in total. The summed E-state index contributed by atoms with van der Waals surface area (Å²) < 4.78 is 26.6. The van der Waals surface area contributed by atoms with Crippen LogP contribution < -0.4 is 15.4 Å². The molecule has 3 N–H and O–H groups in total. The van der Waals surface area contributed by atoms with Gasteiger partial charge in [-0.25, -0.2) is 22.8 Å². The Balaban J connectivity index is 1.91. The van der Waals surface area contributed by atoms with Gasteiger partial charge in [0.15, 0.2) is 5.82 Å². The molecule has 13 heteroatoms. The van der Waals surface area contributed by atoms with Crippen LogP contribution in [0.25, 0.3) is 5.82 Å². The molecule has 0 aliphatic rings. The molecular weight excluding hydrogens is 515 g/mol. The summed E-state index contributed by atoms with van der Waals surface area (Å²) in [5, 5.41) is 10.3. The molecule has 35 heavy (non-hydrogen) atoms. The highest BCUT2D eigenvalue weighted by Crippen LogP contribution is 2.27. The molecule has 0 fully saturated rings. The Bertz CT molecular complexity index is 1390. The lowest BCUT2D eigenvalue weighted by molar-refractivity contribution is 0.0915. The highest BCUT2D eigenvalue weighted by atomic mass is 35.5. The minimum absolute atomic E-state index is 0.0389. The van der Waals surface area contributed by atoms with Gasteiger partial charge < -0.3 is 10.6 Å². The number of hydrogen-bond acceptors (Lipinski definition) is 6. The summed E-state index contributed by atoms with van der Waals surface area (Å²) in [7, 11) is -3.45. The van der Waals surface area contributed by atoms with E-state index in [-0.39, 0.29) is 29.3 Å². The first-order valence-electron chi connectivity index (χ1n) is 10.3. The Hall–Kier alpha value is -2.99. The topological polar surface area (TPSA) is 135 Å². The zero-order valence-electron chi connectivity index (χ0n) is 19.4. The first kappa shape index (κ1) is 26.6. The van der Waals surface area contributed by atoms with Gasteiger partial charge in [-0.05, 0) is 56.7 Å². The lowest BCUT2D eigenvalue weighted by Gasteiger charge is -2.27. The highest BCUT2D eigenvalue weighted by Gasteiger charge is 2.26. The van der Waals surface area contributed by atoms with E-state index in [0.717, 1.165) is 6.26 Å². The molecule has 0 aliphatic carbocycles. The van der Waals surface area contributed by atoms with E-state index in [2.05, 4.69) is 25.4 Å². The largest absolute Gasteiger partial charge is 0.346 e. The maximum atomic E-state index is 13.2. The van der Waals surface area contributed by atoms with E-state index in [1.807, 2.05) is 0 Å². The number of pyridine rings is 1. The number of halogens is 2. The van der Waals surface area contributed by atoms with Crippen molar-refractivity contribution in [2.24, 2.45) is 0 Å². The average molecular weight is 539 g/mol. The van der Waals surface area contributed by atoms with Crippen molar-refractivity contribution in [1.82, 2.24) is 24.8 Å². The molecule has 0 bridgehead atoms. The zero-order valence-corrected chi connectivity index (χ0v) is 21.7. The fourth-order valence-electron chi connectivity index (χ4n) is 3.17. The Kier molecular flexibility index (Phi) is 7.85. The van der Waals surface area contributed by atoms with Crippen LogP contribution in [-0.4, -0.2) is 53.3 Å². The number of carbonyl (C=O) groups excluding carboxylic acids is 2. The van der Waals surface area contributed by atoms with Crippen LogP contribution in [0.1, 0.15) is 40.3 Å². The summed E-state index contributed by atoms with van der Waals surface area (Å²) in [5.41, 5.74) is 0.0989. The molecule has 0 unspecified atom stereocenters. The van der Waals surface area contributed by atoms with E-state index < -0.39 is 27.4 Å². The number of carbonyl (C=O) groups is 2. The summed E-state index contributed by atoms with van der Waals surface area (Å²) >= 11 is 12.4. The van der Waals surface area contributed by atoms with Crippen molar-refractivity contribution in [3.63, 3.8) is 0 Å². The van der Waals surface area contributed by atoms with Crippen LogP contribution in [0, 0.1) is 6.92 Å². The van der Waals surface area contributed by atoms with Crippen molar-refractivity contribution in [3.05, 3.63) is 69.6 Å². The fraction of sp³-hybridized carbons (Fsp3) is 0.273. The molecule has 2 amide bonds. The Labute approximate surface area is 213 Å². The first-order chi connectivity index (χ1) is 16.3. The second kappa shape index (κ2) is 10.3. The third kappa shape index (κ3) is 6.79. The standard InChI is InChI=1S/C22H24Cl2N6O4S/c1-13-10-14(23)11-15(20(31)29-22(2,3)12-27-35(4,33)34)18(13)28-21(32)17-7-9-26-30(17)19-16(24)6-5-8-25-19/h5-11,27H,12H2,1-4H3,(H,28,32)(H,29,31). The molecule has 0 aliphatic heterocycles. The van der Waals surface area contributed by atoms with Crippen LogP contribution in [0.4, 0.5) is 5.69 Å². The SMILES string of the molecule is Cc1cc(Cl)cc(C(=O)NC(C)(C)CNS(C)(=O)=O)c1NC(=O)c1ccnn1-c1ncccc1Cl. The van der Waals surface area contributed by atoms with Gasteiger partial charge in [-0.15, -0.1) is 0 Å². The van der Waals surface area contributed by atoms with Gasteiger partial charge in [0, 0.05) is 23.3 Å². The van der Waals surface area contributed by atoms with Crippen LogP contribution in [0.15, 0.2) is 42.7 Å². The third-order valence-electron chi connectivity index (χ3n) is 4.83. The summed E-state index contributed by atoms with van der Waals surface area (Å²) in [4.78, 5) is 30.6. The normalized spacial score (nSPS) is 11.8. The summed E-state index contributed by atoms with van der Waals surface area (Å²) in [5.74, 6) is -0.829. The van der Waals surface area contributed by atoms with Gasteiger partial charge in [-0.3, -0.25) is 9.59 Å². The fourth-order valence-corrected chi connectivity index (χ4v) is 4.27. The van der Waals surface area contributed by atoms with Crippen molar-refractivity contribution in [2.45, 2.75) is 26.3 Å². The number of aryl methyl sites for hydroxylation is 1. The minimum atomic E-state index is -3.45. The molecule has 186 valence electrons. The number of anilines is 1. The second-order valence-corrected chi connectivity index (χ2v) is 11.1. The third-order valence-corrected chi connectivity index (χ3v) is 6.01. The molecule has 0 saturated heterocycles. The number of nitrogens with zero attached hydrogens (tertiary/aromatic N) is 3. The number of aromatic nitrogens is 3. The van der Waals surface area contributed by atoms with E-state index in [9.17, 15) is 18.0 Å². The molecular formula is C22H24Cl2N6O4S. The van der Waals surface area contributed by atoms with Crippen molar-refractivity contribution in [1.29, 1.82) is 0 Å². The Morgan fingerprint density at radius 3 is 2.49 bits per heavy atom. The summed E-state index contributed by atoms with van der Waals surface area (Å²) in [6.45, 7) is 4.98. The molecule has 2 heterocycles. The van der Waals surface area contributed by atoms with E-state index in [1.54, 1.807) is 39.0 Å². The van der Waals surface area contributed by atoms with Crippen molar-refractivity contribution < 1.29 is 18.0 Å². The Morgan fingerprint density at radius 1 is 1.11 bits per heavy atom. The number of amides is 2. The second-order valence-electron chi connectivity index (χ2n) is 8.47. The lowest BCUT2D eigenvalue weighted by atomic mass is 10.0. The van der Waals surface area contributed by atoms with Gasteiger partial charge in [-0.2, -0.15) is 5.10 Å². The van der Waals surface area contributed by atoms with Gasteiger partial charge in [-0.1, -0.05) is 23.2 Å². The van der Waals surface area contributed by atoms with Crippen LogP contribution in [0.5, 0.6) is 0 Å². The zero-order chi connectivity index (χ0) is 26.0. The smallest absolute Gasteiger partial charge is 0.274 e. The van der Waals surface area contributed by atoms with Gasteiger partial charge in [0.25, 0.3) is 11.8 Å². The van der Waals surface area contributed by atoms with E-state index in [0.29, 0.717) is 15.6 Å². The van der Waals surface area contributed by atoms with Crippen LogP contribution >= 0.6 is 23.2 Å². The van der Waals surface area contributed by atoms with E-state index >= 15 is 0 Å². The van der Waals surface area contributed by atoms with Crippen molar-refractivity contribution in [2.75, 3.05) is 18.1 Å². The number of hydrogen-bond donors (Lipinski definition) is 3. The van der Waals surface area contributed by atoms with Gasteiger partial charge in [0.05, 0.1) is 28.7 Å². The molecule has 3 rings (SSSR count). The van der Waals surface area contributed by atoms with E-state index in [1.165, 1.54) is 29.2 Å². The Morgan fingerprint density at radius 2 is 1.83 bits per heavy atom. The molecule has 1 aromatic carbocycles. The predicted molar refractivity (Wildman–Crippen MR) is 135 cm³/mol.